The molecule has 80 valence electrons. The molecule has 0 aromatic rings. The van der Waals surface area contributed by atoms with Crippen LogP contribution in [0.2, 0.25) is 0 Å². The van der Waals surface area contributed by atoms with Crippen molar-refractivity contribution in [2.45, 2.75) is 37.8 Å². The summed E-state index contributed by atoms with van der Waals surface area (Å²) < 4.78 is 0. The predicted molar refractivity (Wildman–Crippen MR) is 58.9 cm³/mol. The highest BCUT2D eigenvalue weighted by atomic mass is 15.2. The Morgan fingerprint density at radius 3 is 3.14 bits per heavy atom. The molecule has 2 unspecified atom stereocenters. The third kappa shape index (κ3) is 1.93. The highest BCUT2D eigenvalue weighted by Gasteiger charge is 2.29. The Balaban J connectivity index is 2.07. The molecule has 3 N–H and O–H groups in total. The van der Waals surface area contributed by atoms with Crippen LogP contribution in [0.15, 0.2) is 12.3 Å². The van der Waals surface area contributed by atoms with Crippen molar-refractivity contribution in [3.05, 3.63) is 12.3 Å². The van der Waals surface area contributed by atoms with Crippen molar-refractivity contribution in [2.24, 2.45) is 5.73 Å². The minimum absolute atomic E-state index is 0.694. The van der Waals surface area contributed by atoms with Crippen molar-refractivity contribution in [3.8, 4) is 0 Å². The van der Waals surface area contributed by atoms with Gasteiger partial charge < -0.3 is 16.0 Å². The van der Waals surface area contributed by atoms with Gasteiger partial charge in [-0.15, -0.1) is 0 Å². The van der Waals surface area contributed by atoms with Crippen LogP contribution >= 0.6 is 0 Å². The van der Waals surface area contributed by atoms with E-state index < -0.39 is 0 Å². The molecule has 1 heterocycles. The Bertz CT molecular complexity index is 215. The lowest BCUT2D eigenvalue weighted by Crippen LogP contribution is -2.40. The first-order chi connectivity index (χ1) is 6.81. The van der Waals surface area contributed by atoms with Gasteiger partial charge >= 0.3 is 0 Å². The molecule has 3 heteroatoms. The lowest BCUT2D eigenvalue weighted by molar-refractivity contribution is 0.206. The molecule has 2 rings (SSSR count). The van der Waals surface area contributed by atoms with Gasteiger partial charge in [-0.05, 0) is 25.7 Å². The van der Waals surface area contributed by atoms with Crippen molar-refractivity contribution in [1.82, 2.24) is 10.2 Å². The number of hydrogen-bond donors (Lipinski definition) is 2. The maximum absolute atomic E-state index is 5.64. The second-order valence-electron chi connectivity index (χ2n) is 4.45. The normalized spacial score (nSPS) is 32.9. The smallest absolute Gasteiger partial charge is 0.0352 e. The summed E-state index contributed by atoms with van der Waals surface area (Å²) in [5.74, 6) is 0. The number of nitrogens with two attached hydrogens (primary N) is 1. The average Bonchev–Trinajstić information content (AvgIpc) is 2.31. The zero-order valence-corrected chi connectivity index (χ0v) is 8.84. The highest BCUT2D eigenvalue weighted by Crippen LogP contribution is 2.27. The third-order valence-corrected chi connectivity index (χ3v) is 3.46. The molecule has 1 aliphatic carbocycles. The molecule has 1 saturated heterocycles. The van der Waals surface area contributed by atoms with Crippen LogP contribution in [0.4, 0.5) is 0 Å². The molecule has 0 aromatic carbocycles. The van der Waals surface area contributed by atoms with Crippen LogP contribution < -0.4 is 11.1 Å². The second kappa shape index (κ2) is 4.32. The Morgan fingerprint density at radius 1 is 1.50 bits per heavy atom. The summed E-state index contributed by atoms with van der Waals surface area (Å²) in [5, 5.41) is 3.57. The zero-order valence-electron chi connectivity index (χ0n) is 8.84. The molecule has 1 saturated carbocycles. The van der Waals surface area contributed by atoms with E-state index in [1.54, 1.807) is 0 Å². The van der Waals surface area contributed by atoms with Crippen molar-refractivity contribution in [2.75, 3.05) is 19.6 Å². The Kier molecular flexibility index (Phi) is 3.08. The molecular formula is C11H21N3. The quantitative estimate of drug-likeness (QED) is 0.680. The second-order valence-corrected chi connectivity index (χ2v) is 4.45. The minimum atomic E-state index is 0.694. The van der Waals surface area contributed by atoms with E-state index in [0.29, 0.717) is 12.1 Å². The van der Waals surface area contributed by atoms with Gasteiger partial charge in [-0.3, -0.25) is 0 Å². The van der Waals surface area contributed by atoms with Crippen LogP contribution in [0.5, 0.6) is 0 Å². The van der Waals surface area contributed by atoms with Crippen molar-refractivity contribution >= 4 is 0 Å². The Hall–Kier alpha value is -0.540. The highest BCUT2D eigenvalue weighted by molar-refractivity contribution is 5.04. The fourth-order valence-corrected chi connectivity index (χ4v) is 2.73. The number of fused-ring (bicyclic) bond motifs is 2. The monoisotopic (exact) mass is 195 g/mol. The van der Waals surface area contributed by atoms with Crippen LogP contribution in [-0.2, 0) is 0 Å². The number of hydrogen-bond acceptors (Lipinski definition) is 3. The van der Waals surface area contributed by atoms with Gasteiger partial charge in [-0.2, -0.15) is 0 Å². The Labute approximate surface area is 86.3 Å². The minimum Gasteiger partial charge on any atom is -0.370 e. The maximum atomic E-state index is 5.64. The molecule has 0 amide bonds. The number of rotatable bonds is 2. The third-order valence-electron chi connectivity index (χ3n) is 3.46. The van der Waals surface area contributed by atoms with E-state index in [0.717, 1.165) is 19.6 Å². The van der Waals surface area contributed by atoms with Gasteiger partial charge in [-0.25, -0.2) is 0 Å². The van der Waals surface area contributed by atoms with E-state index in [2.05, 4.69) is 16.8 Å². The fraction of sp³-hybridized carbons (Fsp3) is 0.818. The van der Waals surface area contributed by atoms with Gasteiger partial charge in [0, 0.05) is 37.4 Å². The van der Waals surface area contributed by atoms with Gasteiger partial charge in [-0.1, -0.05) is 6.58 Å². The molecule has 14 heavy (non-hydrogen) atoms. The van der Waals surface area contributed by atoms with Crippen LogP contribution in [0.3, 0.4) is 0 Å². The molecule has 3 nitrogen and oxygen atoms in total. The van der Waals surface area contributed by atoms with Gasteiger partial charge in [0.25, 0.3) is 0 Å². The standard InChI is InChI=1S/C11H21N3/c1-9-8-13-10-3-2-4-11(7-10)14(9)6-5-12/h10-11,13H,1-8,12H2. The van der Waals surface area contributed by atoms with E-state index in [4.69, 9.17) is 5.73 Å². The molecule has 0 spiro atoms. The fourth-order valence-electron chi connectivity index (χ4n) is 2.73. The molecule has 0 aromatic heterocycles. The van der Waals surface area contributed by atoms with E-state index in [-0.39, 0.29) is 0 Å². The topological polar surface area (TPSA) is 41.3 Å². The van der Waals surface area contributed by atoms with Gasteiger partial charge in [0.2, 0.25) is 0 Å². The first-order valence-electron chi connectivity index (χ1n) is 5.69. The number of nitrogens with one attached hydrogen (secondary N) is 1. The summed E-state index contributed by atoms with van der Waals surface area (Å²) in [5.41, 5.74) is 6.87. The average molecular weight is 195 g/mol. The zero-order chi connectivity index (χ0) is 9.97. The lowest BCUT2D eigenvalue weighted by Gasteiger charge is -2.35. The maximum Gasteiger partial charge on any atom is 0.0352 e. The Morgan fingerprint density at radius 2 is 2.36 bits per heavy atom. The first-order valence-corrected chi connectivity index (χ1v) is 5.69. The van der Waals surface area contributed by atoms with Crippen molar-refractivity contribution in [3.63, 3.8) is 0 Å². The van der Waals surface area contributed by atoms with E-state index in [1.165, 1.54) is 31.4 Å². The number of nitrogens with zero attached hydrogens (tertiary/aromatic N) is 1. The summed E-state index contributed by atoms with van der Waals surface area (Å²) in [6, 6.07) is 1.41. The molecule has 2 aliphatic rings. The summed E-state index contributed by atoms with van der Waals surface area (Å²) >= 11 is 0. The first kappa shape index (κ1) is 9.99. The van der Waals surface area contributed by atoms with Crippen LogP contribution in [0, 0.1) is 0 Å². The van der Waals surface area contributed by atoms with E-state index >= 15 is 0 Å². The van der Waals surface area contributed by atoms with Gasteiger partial charge in [0.15, 0.2) is 0 Å². The van der Waals surface area contributed by atoms with Crippen molar-refractivity contribution < 1.29 is 0 Å². The van der Waals surface area contributed by atoms with Crippen LogP contribution in [-0.4, -0.2) is 36.6 Å². The van der Waals surface area contributed by atoms with E-state index in [1.807, 2.05) is 0 Å². The molecule has 2 atom stereocenters. The van der Waals surface area contributed by atoms with Gasteiger partial charge in [0.05, 0.1) is 0 Å². The van der Waals surface area contributed by atoms with Crippen LogP contribution in [0.1, 0.15) is 25.7 Å². The molecule has 2 bridgehead atoms. The summed E-state index contributed by atoms with van der Waals surface area (Å²) in [6.45, 7) is 6.79. The van der Waals surface area contributed by atoms with Crippen molar-refractivity contribution in [1.29, 1.82) is 0 Å². The largest absolute Gasteiger partial charge is 0.370 e. The summed E-state index contributed by atoms with van der Waals surface area (Å²) in [6.07, 6.45) is 5.27. The summed E-state index contributed by atoms with van der Waals surface area (Å²) in [4.78, 5) is 2.42. The lowest BCUT2D eigenvalue weighted by atomic mass is 9.90. The molecule has 0 radical (unpaired) electrons. The molecule has 2 fully saturated rings. The predicted octanol–water partition coefficient (Wildman–Crippen LogP) is 0.675. The molecule has 1 aliphatic heterocycles. The molecular weight excluding hydrogens is 174 g/mol. The summed E-state index contributed by atoms with van der Waals surface area (Å²) in [7, 11) is 0. The van der Waals surface area contributed by atoms with Gasteiger partial charge in [0.1, 0.15) is 0 Å². The SMILES string of the molecule is C=C1CNC2CCCC(C2)N1CCN. The van der Waals surface area contributed by atoms with E-state index in [9.17, 15) is 0 Å². The van der Waals surface area contributed by atoms with Crippen LogP contribution in [0.25, 0.3) is 0 Å².